The number of aromatic nitrogens is 2. The Bertz CT molecular complexity index is 1640. The second-order valence-corrected chi connectivity index (χ2v) is 12.5. The normalized spacial score (nSPS) is 20.0. The first kappa shape index (κ1) is 30.6. The van der Waals surface area contributed by atoms with E-state index in [0.717, 1.165) is 0 Å². The molecule has 46 heavy (non-hydrogen) atoms. The molecule has 3 aliphatic rings. The summed E-state index contributed by atoms with van der Waals surface area (Å²) >= 11 is 0. The van der Waals surface area contributed by atoms with Gasteiger partial charge in [-0.15, -0.1) is 0 Å². The van der Waals surface area contributed by atoms with E-state index >= 15 is 0 Å². The molecule has 3 fully saturated rings. The Kier molecular flexibility index (Phi) is 8.36. The van der Waals surface area contributed by atoms with Crippen LogP contribution >= 0.6 is 0 Å². The molecule has 7 rings (SSSR count). The van der Waals surface area contributed by atoms with Gasteiger partial charge in [0.2, 0.25) is 11.8 Å². The molecule has 2 heterocycles. The Labute approximate surface area is 267 Å². The molecule has 4 aromatic rings. The van der Waals surface area contributed by atoms with Crippen LogP contribution in [0.3, 0.4) is 0 Å². The van der Waals surface area contributed by atoms with Crippen molar-refractivity contribution in [1.29, 1.82) is 0 Å². The van der Waals surface area contributed by atoms with Crippen molar-refractivity contribution in [3.63, 3.8) is 0 Å². The first-order valence-corrected chi connectivity index (χ1v) is 15.5. The molecular formula is C36H38N6O4+2. The number of carbonyl (C=O) groups excluding carboxylic acids is 4. The van der Waals surface area contributed by atoms with Gasteiger partial charge in [0, 0.05) is 45.5 Å². The average Bonchev–Trinajstić information content (AvgIpc) is 3.06. The van der Waals surface area contributed by atoms with Crippen LogP contribution in [0.15, 0.2) is 97.6 Å². The van der Waals surface area contributed by atoms with E-state index < -0.39 is 10.8 Å². The molecule has 10 nitrogen and oxygen atoms in total. The van der Waals surface area contributed by atoms with Crippen molar-refractivity contribution in [3.8, 4) is 0 Å². The Morgan fingerprint density at radius 1 is 0.500 bits per heavy atom. The summed E-state index contributed by atoms with van der Waals surface area (Å²) in [7, 11) is 3.77. The van der Waals surface area contributed by atoms with Gasteiger partial charge in [-0.05, 0) is 99.2 Å². The summed E-state index contributed by atoms with van der Waals surface area (Å²) in [5, 5.41) is 11.9. The van der Waals surface area contributed by atoms with Gasteiger partial charge < -0.3 is 21.3 Å². The third kappa shape index (κ3) is 6.51. The summed E-state index contributed by atoms with van der Waals surface area (Å²) in [5.41, 5.74) is 2.64. The molecule has 3 aliphatic carbocycles. The fraction of sp³-hybridized carbons (Fsp3) is 0.278. The van der Waals surface area contributed by atoms with Crippen LogP contribution < -0.4 is 30.4 Å². The SMILES string of the molecule is C[n+]1cccc(NC(=O)c2ccc(NC(=O)C34CCC(C(=O)Nc5ccc(C(=O)Nc6ccc[n+](C)c6)cc5)(CC3)CC4)cc2)c1. The van der Waals surface area contributed by atoms with Gasteiger partial charge in [0.05, 0.1) is 0 Å². The summed E-state index contributed by atoms with van der Waals surface area (Å²) in [4.78, 5) is 52.3. The summed E-state index contributed by atoms with van der Waals surface area (Å²) < 4.78 is 3.71. The first-order valence-electron chi connectivity index (χ1n) is 15.5. The highest BCUT2D eigenvalue weighted by atomic mass is 16.2. The molecule has 0 unspecified atom stereocenters. The van der Waals surface area contributed by atoms with E-state index in [1.54, 1.807) is 48.5 Å². The summed E-state index contributed by atoms with van der Waals surface area (Å²) in [6.45, 7) is 0. The molecule has 3 saturated carbocycles. The van der Waals surface area contributed by atoms with Crippen LogP contribution in [0.25, 0.3) is 0 Å². The van der Waals surface area contributed by atoms with Crippen LogP contribution in [-0.4, -0.2) is 23.6 Å². The molecule has 2 aromatic heterocycles. The van der Waals surface area contributed by atoms with Gasteiger partial charge in [-0.2, -0.15) is 0 Å². The van der Waals surface area contributed by atoms with Crippen LogP contribution in [-0.2, 0) is 23.7 Å². The number of hydrogen-bond acceptors (Lipinski definition) is 4. The van der Waals surface area contributed by atoms with Gasteiger partial charge in [0.25, 0.3) is 11.8 Å². The molecule has 10 heteroatoms. The van der Waals surface area contributed by atoms with Gasteiger partial charge in [0.15, 0.2) is 24.8 Å². The number of anilines is 4. The highest BCUT2D eigenvalue weighted by molar-refractivity contribution is 6.05. The monoisotopic (exact) mass is 618 g/mol. The fourth-order valence-corrected chi connectivity index (χ4v) is 6.53. The van der Waals surface area contributed by atoms with Crippen LogP contribution in [0.2, 0.25) is 0 Å². The maximum atomic E-state index is 13.5. The van der Waals surface area contributed by atoms with Crippen LogP contribution in [0, 0.1) is 10.8 Å². The minimum Gasteiger partial charge on any atom is -0.326 e. The number of fused-ring (bicyclic) bond motifs is 3. The van der Waals surface area contributed by atoms with Crippen LogP contribution in [0.1, 0.15) is 59.2 Å². The lowest BCUT2D eigenvalue weighted by Gasteiger charge is -2.51. The number of amides is 4. The van der Waals surface area contributed by atoms with Crippen LogP contribution in [0.4, 0.5) is 22.7 Å². The zero-order valence-electron chi connectivity index (χ0n) is 26.0. The molecule has 0 saturated heterocycles. The number of nitrogens with zero attached hydrogens (tertiary/aromatic N) is 2. The first-order chi connectivity index (χ1) is 22.1. The largest absolute Gasteiger partial charge is 0.326 e. The zero-order chi connectivity index (χ0) is 32.3. The van der Waals surface area contributed by atoms with Gasteiger partial charge >= 0.3 is 0 Å². The smallest absolute Gasteiger partial charge is 0.255 e. The van der Waals surface area contributed by atoms with Gasteiger partial charge in [-0.1, -0.05) is 0 Å². The standard InChI is InChI=1S/C36H36N6O4/c1-41-21-3-5-29(23-41)37-31(43)25-7-11-27(12-8-25)39-33(45)35-15-18-36(19-16-35,20-17-35)34(46)40-28-13-9-26(10-14-28)32(44)38-30-6-4-22-42(2)24-30/h3-14,21-24H,15-20H2,1-2H3,(H2-2,37,38,39,40,43,44,45,46)/p+2. The average molecular weight is 619 g/mol. The van der Waals surface area contributed by atoms with Crippen molar-refractivity contribution in [1.82, 2.24) is 0 Å². The maximum Gasteiger partial charge on any atom is 0.255 e. The third-order valence-electron chi connectivity index (χ3n) is 9.41. The maximum absolute atomic E-state index is 13.5. The van der Waals surface area contributed by atoms with Gasteiger partial charge in [-0.3, -0.25) is 19.2 Å². The summed E-state index contributed by atoms with van der Waals surface area (Å²) in [5.74, 6) is -0.520. The Balaban J connectivity index is 1.01. The minimum atomic E-state index is -0.508. The van der Waals surface area contributed by atoms with Crippen molar-refractivity contribution in [2.45, 2.75) is 38.5 Å². The second-order valence-electron chi connectivity index (χ2n) is 12.5. The van der Waals surface area contributed by atoms with E-state index in [0.29, 0.717) is 72.4 Å². The van der Waals surface area contributed by atoms with Crippen molar-refractivity contribution >= 4 is 46.4 Å². The zero-order valence-corrected chi connectivity index (χ0v) is 26.0. The number of hydrogen-bond donors (Lipinski definition) is 4. The van der Waals surface area contributed by atoms with E-state index in [4.69, 9.17) is 0 Å². The van der Waals surface area contributed by atoms with Crippen LogP contribution in [0.5, 0.6) is 0 Å². The molecule has 2 aromatic carbocycles. The van der Waals surface area contributed by atoms with Crippen molar-refractivity contribution in [3.05, 3.63) is 109 Å². The number of nitrogens with one attached hydrogen (secondary N) is 4. The molecule has 234 valence electrons. The summed E-state index contributed by atoms with van der Waals surface area (Å²) in [6.07, 6.45) is 11.2. The van der Waals surface area contributed by atoms with E-state index in [1.165, 1.54) is 0 Å². The Morgan fingerprint density at radius 3 is 1.17 bits per heavy atom. The number of rotatable bonds is 8. The topological polar surface area (TPSA) is 124 Å². The quantitative estimate of drug-likeness (QED) is 0.213. The van der Waals surface area contributed by atoms with Crippen molar-refractivity contribution < 1.29 is 28.3 Å². The number of pyridine rings is 2. The molecule has 0 spiro atoms. The van der Waals surface area contributed by atoms with E-state index in [9.17, 15) is 19.2 Å². The predicted molar refractivity (Wildman–Crippen MR) is 174 cm³/mol. The minimum absolute atomic E-state index is 0.0340. The van der Waals surface area contributed by atoms with Gasteiger partial charge in [-0.25, -0.2) is 9.13 Å². The third-order valence-corrected chi connectivity index (χ3v) is 9.41. The predicted octanol–water partition coefficient (Wildman–Crippen LogP) is 4.76. The number of aryl methyl sites for hydroxylation is 2. The lowest BCUT2D eigenvalue weighted by atomic mass is 9.53. The van der Waals surface area contributed by atoms with Gasteiger partial charge in [0.1, 0.15) is 25.5 Å². The highest BCUT2D eigenvalue weighted by Gasteiger charge is 2.55. The number of benzene rings is 2. The molecular weight excluding hydrogens is 580 g/mol. The second kappa shape index (κ2) is 12.5. The molecule has 0 aliphatic heterocycles. The van der Waals surface area contributed by atoms with Crippen molar-refractivity contribution in [2.24, 2.45) is 24.9 Å². The molecule has 4 amide bonds. The lowest BCUT2D eigenvalue weighted by molar-refractivity contribution is -0.670. The van der Waals surface area contributed by atoms with E-state index in [1.807, 2.05) is 72.3 Å². The highest BCUT2D eigenvalue weighted by Crippen LogP contribution is 2.57. The Hall–Kier alpha value is -5.38. The molecule has 4 N–H and O–H groups in total. The fourth-order valence-electron chi connectivity index (χ4n) is 6.53. The van der Waals surface area contributed by atoms with E-state index in [2.05, 4.69) is 21.3 Å². The molecule has 0 radical (unpaired) electrons. The van der Waals surface area contributed by atoms with E-state index in [-0.39, 0.29) is 23.6 Å². The molecule has 2 bridgehead atoms. The summed E-state index contributed by atoms with van der Waals surface area (Å²) in [6, 6.07) is 21.1. The van der Waals surface area contributed by atoms with Crippen molar-refractivity contribution in [2.75, 3.05) is 21.3 Å². The Morgan fingerprint density at radius 2 is 0.848 bits per heavy atom. The number of carbonyl (C=O) groups is 4. The molecule has 0 atom stereocenters. The lowest BCUT2D eigenvalue weighted by Crippen LogP contribution is -2.52.